The van der Waals surface area contributed by atoms with Gasteiger partial charge in [0.25, 0.3) is 0 Å². The van der Waals surface area contributed by atoms with Crippen molar-refractivity contribution in [3.63, 3.8) is 0 Å². The number of piperazine rings is 1. The van der Waals surface area contributed by atoms with E-state index < -0.39 is 0 Å². The number of rotatable bonds is 5. The Morgan fingerprint density at radius 1 is 0.967 bits per heavy atom. The van der Waals surface area contributed by atoms with Gasteiger partial charge in [0.1, 0.15) is 5.01 Å². The minimum Gasteiger partial charge on any atom is -0.379 e. The fourth-order valence-electron chi connectivity index (χ4n) is 3.74. The first-order chi connectivity index (χ1) is 14.6. The summed E-state index contributed by atoms with van der Waals surface area (Å²) in [6, 6.07) is 8.27. The molecular weight excluding hydrogens is 400 g/mol. The Balaban J connectivity index is 1.25. The van der Waals surface area contributed by atoms with Gasteiger partial charge in [-0.1, -0.05) is 29.8 Å². The zero-order valence-electron chi connectivity index (χ0n) is 17.4. The smallest absolute Gasteiger partial charge is 0.236 e. The molecule has 2 aliphatic rings. The highest BCUT2D eigenvalue weighted by Crippen LogP contribution is 2.24. The lowest BCUT2D eigenvalue weighted by Gasteiger charge is -2.36. The summed E-state index contributed by atoms with van der Waals surface area (Å²) in [6.45, 7) is 7.87. The van der Waals surface area contributed by atoms with Crippen molar-refractivity contribution in [2.75, 3.05) is 59.0 Å². The molecule has 30 heavy (non-hydrogen) atoms. The summed E-state index contributed by atoms with van der Waals surface area (Å²) in [5.41, 5.74) is 3.11. The number of aryl methyl sites for hydroxylation is 1. The number of carbonyl (C=O) groups excluding carboxylic acids is 2. The van der Waals surface area contributed by atoms with Crippen molar-refractivity contribution < 1.29 is 14.3 Å². The van der Waals surface area contributed by atoms with E-state index >= 15 is 0 Å². The van der Waals surface area contributed by atoms with Gasteiger partial charge in [-0.2, -0.15) is 0 Å². The SMILES string of the molecule is Cc1ccc(-c2nc(CC(=O)N3CCN(C(=O)CN4CCOCC4)CC3)cs2)cc1. The molecule has 1 aromatic heterocycles. The van der Waals surface area contributed by atoms with Crippen LogP contribution >= 0.6 is 11.3 Å². The van der Waals surface area contributed by atoms with Crippen LogP contribution in [0.5, 0.6) is 0 Å². The van der Waals surface area contributed by atoms with E-state index in [4.69, 9.17) is 4.74 Å². The Morgan fingerprint density at radius 3 is 2.27 bits per heavy atom. The molecule has 0 unspecified atom stereocenters. The highest BCUT2D eigenvalue weighted by Gasteiger charge is 2.26. The molecule has 7 nitrogen and oxygen atoms in total. The van der Waals surface area contributed by atoms with E-state index in [-0.39, 0.29) is 11.8 Å². The molecule has 2 fully saturated rings. The van der Waals surface area contributed by atoms with E-state index in [0.29, 0.717) is 52.4 Å². The van der Waals surface area contributed by atoms with Crippen LogP contribution in [0.1, 0.15) is 11.3 Å². The third-order valence-corrected chi connectivity index (χ3v) is 6.57. The normalized spacial score (nSPS) is 17.9. The number of amides is 2. The number of hydrogen-bond acceptors (Lipinski definition) is 6. The molecule has 2 amide bonds. The van der Waals surface area contributed by atoms with Gasteiger partial charge in [-0.05, 0) is 6.92 Å². The lowest BCUT2D eigenvalue weighted by molar-refractivity contribution is -0.140. The molecule has 1 aromatic carbocycles. The van der Waals surface area contributed by atoms with E-state index in [1.165, 1.54) is 5.56 Å². The largest absolute Gasteiger partial charge is 0.379 e. The third-order valence-electron chi connectivity index (χ3n) is 5.63. The van der Waals surface area contributed by atoms with Gasteiger partial charge in [0.05, 0.1) is 31.9 Å². The van der Waals surface area contributed by atoms with Gasteiger partial charge in [0, 0.05) is 50.2 Å². The van der Waals surface area contributed by atoms with Crippen molar-refractivity contribution in [3.05, 3.63) is 40.9 Å². The Hall–Kier alpha value is -2.29. The van der Waals surface area contributed by atoms with Crippen LogP contribution < -0.4 is 0 Å². The van der Waals surface area contributed by atoms with Crippen LogP contribution in [0.25, 0.3) is 10.6 Å². The van der Waals surface area contributed by atoms with E-state index in [0.717, 1.165) is 29.4 Å². The molecule has 0 spiro atoms. The molecule has 0 saturated carbocycles. The summed E-state index contributed by atoms with van der Waals surface area (Å²) in [5.74, 6) is 0.224. The Labute approximate surface area is 181 Å². The highest BCUT2D eigenvalue weighted by molar-refractivity contribution is 7.13. The van der Waals surface area contributed by atoms with Crippen LogP contribution in [-0.2, 0) is 20.7 Å². The average Bonchev–Trinajstić information content (AvgIpc) is 3.23. The van der Waals surface area contributed by atoms with Crippen LogP contribution in [0.3, 0.4) is 0 Å². The lowest BCUT2D eigenvalue weighted by Crippen LogP contribution is -2.53. The molecule has 4 rings (SSSR count). The maximum atomic E-state index is 12.7. The van der Waals surface area contributed by atoms with Crippen LogP contribution in [0.15, 0.2) is 29.6 Å². The van der Waals surface area contributed by atoms with Gasteiger partial charge < -0.3 is 14.5 Å². The predicted octanol–water partition coefficient (Wildman–Crippen LogP) is 1.66. The van der Waals surface area contributed by atoms with Gasteiger partial charge in [-0.15, -0.1) is 11.3 Å². The Morgan fingerprint density at radius 2 is 1.60 bits per heavy atom. The molecular formula is C22H28N4O3S. The van der Waals surface area contributed by atoms with Crippen molar-refractivity contribution in [1.82, 2.24) is 19.7 Å². The van der Waals surface area contributed by atoms with E-state index in [2.05, 4.69) is 41.1 Å². The molecule has 2 aliphatic heterocycles. The monoisotopic (exact) mass is 428 g/mol. The summed E-state index contributed by atoms with van der Waals surface area (Å²) in [7, 11) is 0. The fraction of sp³-hybridized carbons (Fsp3) is 0.500. The van der Waals surface area contributed by atoms with Gasteiger partial charge in [-0.3, -0.25) is 14.5 Å². The summed E-state index contributed by atoms with van der Waals surface area (Å²) >= 11 is 1.57. The van der Waals surface area contributed by atoms with Crippen LogP contribution in [0.4, 0.5) is 0 Å². The van der Waals surface area contributed by atoms with Crippen molar-refractivity contribution in [1.29, 1.82) is 0 Å². The van der Waals surface area contributed by atoms with E-state index in [1.807, 2.05) is 15.2 Å². The molecule has 2 aromatic rings. The number of thiazole rings is 1. The van der Waals surface area contributed by atoms with Crippen molar-refractivity contribution in [2.45, 2.75) is 13.3 Å². The number of carbonyl (C=O) groups is 2. The molecule has 0 bridgehead atoms. The molecule has 0 aliphatic carbocycles. The molecule has 160 valence electrons. The van der Waals surface area contributed by atoms with Crippen LogP contribution in [0.2, 0.25) is 0 Å². The fourth-order valence-corrected chi connectivity index (χ4v) is 4.57. The topological polar surface area (TPSA) is 66.0 Å². The molecule has 8 heteroatoms. The number of benzene rings is 1. The van der Waals surface area contributed by atoms with Crippen molar-refractivity contribution >= 4 is 23.2 Å². The Kier molecular flexibility index (Phi) is 6.76. The number of nitrogens with zero attached hydrogens (tertiary/aromatic N) is 4. The maximum absolute atomic E-state index is 12.7. The first-order valence-corrected chi connectivity index (χ1v) is 11.3. The number of hydrogen-bond donors (Lipinski definition) is 0. The second-order valence-electron chi connectivity index (χ2n) is 7.84. The first kappa shape index (κ1) is 21.0. The molecule has 2 saturated heterocycles. The van der Waals surface area contributed by atoms with Crippen LogP contribution in [0, 0.1) is 6.92 Å². The first-order valence-electron chi connectivity index (χ1n) is 10.5. The molecule has 0 radical (unpaired) electrons. The Bertz CT molecular complexity index is 869. The molecule has 3 heterocycles. The maximum Gasteiger partial charge on any atom is 0.236 e. The minimum absolute atomic E-state index is 0.0797. The van der Waals surface area contributed by atoms with Crippen molar-refractivity contribution in [3.8, 4) is 10.6 Å². The molecule has 0 atom stereocenters. The molecule has 0 N–H and O–H groups in total. The van der Waals surface area contributed by atoms with Gasteiger partial charge in [0.2, 0.25) is 11.8 Å². The third kappa shape index (κ3) is 5.24. The number of aromatic nitrogens is 1. The number of ether oxygens (including phenoxy) is 1. The van der Waals surface area contributed by atoms with Gasteiger partial charge in [0.15, 0.2) is 0 Å². The van der Waals surface area contributed by atoms with Gasteiger partial charge in [-0.25, -0.2) is 4.98 Å². The highest BCUT2D eigenvalue weighted by atomic mass is 32.1. The van der Waals surface area contributed by atoms with E-state index in [1.54, 1.807) is 11.3 Å². The zero-order chi connectivity index (χ0) is 20.9. The zero-order valence-corrected chi connectivity index (χ0v) is 18.2. The number of morpholine rings is 1. The van der Waals surface area contributed by atoms with Crippen LogP contribution in [-0.4, -0.2) is 90.5 Å². The summed E-state index contributed by atoms with van der Waals surface area (Å²) in [5, 5.41) is 2.91. The van der Waals surface area contributed by atoms with Crippen molar-refractivity contribution in [2.24, 2.45) is 0 Å². The second kappa shape index (κ2) is 9.68. The standard InChI is InChI=1S/C22H28N4O3S/c1-17-2-4-18(5-3-17)22-23-19(16-30-22)14-20(27)25-6-8-26(9-7-25)21(28)15-24-10-12-29-13-11-24/h2-5,16H,6-15H2,1H3. The van der Waals surface area contributed by atoms with E-state index in [9.17, 15) is 9.59 Å². The summed E-state index contributed by atoms with van der Waals surface area (Å²) in [6.07, 6.45) is 0.310. The van der Waals surface area contributed by atoms with Gasteiger partial charge >= 0.3 is 0 Å². The quantitative estimate of drug-likeness (QED) is 0.725. The predicted molar refractivity (Wildman–Crippen MR) is 116 cm³/mol. The average molecular weight is 429 g/mol. The second-order valence-corrected chi connectivity index (χ2v) is 8.69. The summed E-state index contributed by atoms with van der Waals surface area (Å²) < 4.78 is 5.33. The minimum atomic E-state index is 0.0797. The lowest BCUT2D eigenvalue weighted by atomic mass is 10.2. The summed E-state index contributed by atoms with van der Waals surface area (Å²) in [4.78, 5) is 35.7.